The average Bonchev–Trinajstić information content (AvgIpc) is 3.07. The third kappa shape index (κ3) is 2.37. The lowest BCUT2D eigenvalue weighted by Gasteiger charge is -2.29. The Bertz CT molecular complexity index is 588. The predicted octanol–water partition coefficient (Wildman–Crippen LogP) is 1.38. The number of imide groups is 1. The Labute approximate surface area is 121 Å². The van der Waals surface area contributed by atoms with Crippen molar-refractivity contribution in [3.05, 3.63) is 21.9 Å². The smallest absolute Gasteiger partial charge is 0.232 e. The molecule has 2 atom stereocenters. The zero-order valence-electron chi connectivity index (χ0n) is 11.0. The van der Waals surface area contributed by atoms with Crippen molar-refractivity contribution in [1.29, 1.82) is 0 Å². The minimum atomic E-state index is -0.169. The normalized spacial score (nSPS) is 24.8. The quantitative estimate of drug-likeness (QED) is 0.661. The lowest BCUT2D eigenvalue weighted by molar-refractivity contribution is -0.153. The van der Waals surface area contributed by atoms with Gasteiger partial charge in [-0.15, -0.1) is 11.3 Å². The van der Waals surface area contributed by atoms with Crippen LogP contribution in [0.5, 0.6) is 0 Å². The van der Waals surface area contributed by atoms with Gasteiger partial charge in [0.2, 0.25) is 11.8 Å². The number of hydrogen-bond acceptors (Lipinski definition) is 4. The summed E-state index contributed by atoms with van der Waals surface area (Å²) in [7, 11) is 0. The molecule has 3 rings (SSSR count). The van der Waals surface area contributed by atoms with E-state index >= 15 is 0 Å². The highest BCUT2D eigenvalue weighted by Gasteiger charge is 2.45. The molecule has 1 N–H and O–H groups in total. The Morgan fingerprint density at radius 2 is 2.00 bits per heavy atom. The molecule has 1 saturated carbocycles. The number of aliphatic hydroxyl groups is 1. The van der Waals surface area contributed by atoms with Gasteiger partial charge in [0.1, 0.15) is 6.61 Å². The van der Waals surface area contributed by atoms with Crippen molar-refractivity contribution in [2.24, 2.45) is 11.8 Å². The van der Waals surface area contributed by atoms with Crippen LogP contribution in [0.1, 0.15) is 29.7 Å². The van der Waals surface area contributed by atoms with Crippen LogP contribution in [0.4, 0.5) is 0 Å². The molecule has 1 aliphatic carbocycles. The van der Waals surface area contributed by atoms with Crippen LogP contribution in [-0.4, -0.2) is 28.4 Å². The van der Waals surface area contributed by atoms with Gasteiger partial charge in [-0.25, -0.2) is 0 Å². The molecule has 2 aliphatic rings. The second-order valence-electron chi connectivity index (χ2n) is 5.23. The van der Waals surface area contributed by atoms with Gasteiger partial charge in [-0.2, -0.15) is 0 Å². The van der Waals surface area contributed by atoms with Crippen LogP contribution in [0, 0.1) is 23.7 Å². The Morgan fingerprint density at radius 3 is 2.65 bits per heavy atom. The lowest BCUT2D eigenvalue weighted by Crippen LogP contribution is -2.45. The van der Waals surface area contributed by atoms with E-state index in [0.29, 0.717) is 6.54 Å². The van der Waals surface area contributed by atoms with Gasteiger partial charge in [0.05, 0.1) is 6.54 Å². The maximum absolute atomic E-state index is 12.2. The molecule has 2 fully saturated rings. The molecule has 5 heteroatoms. The molecular formula is C15H15NO3S. The number of rotatable bonds is 2. The summed E-state index contributed by atoms with van der Waals surface area (Å²) in [6.07, 6.45) is 2.44. The molecule has 1 saturated heterocycles. The number of thiophene rings is 1. The number of likely N-dealkylation sites (tertiary alicyclic amines) is 1. The molecule has 104 valence electrons. The van der Waals surface area contributed by atoms with E-state index in [9.17, 15) is 9.59 Å². The van der Waals surface area contributed by atoms with E-state index in [-0.39, 0.29) is 30.3 Å². The van der Waals surface area contributed by atoms with Crippen molar-refractivity contribution < 1.29 is 14.7 Å². The molecule has 20 heavy (non-hydrogen) atoms. The monoisotopic (exact) mass is 289 g/mol. The maximum Gasteiger partial charge on any atom is 0.232 e. The SMILES string of the molecule is O=C1C2CCC(C2)C(=O)N1Cc1cc(C#CCO)cs1. The zero-order valence-corrected chi connectivity index (χ0v) is 11.8. The summed E-state index contributed by atoms with van der Waals surface area (Å²) in [5.41, 5.74) is 0.818. The Hall–Kier alpha value is -1.64. The molecule has 1 aromatic heterocycles. The predicted molar refractivity (Wildman–Crippen MR) is 74.7 cm³/mol. The molecule has 4 nitrogen and oxygen atoms in total. The van der Waals surface area contributed by atoms with Crippen LogP contribution in [0.15, 0.2) is 11.4 Å². The van der Waals surface area contributed by atoms with E-state index in [1.54, 1.807) is 0 Å². The summed E-state index contributed by atoms with van der Waals surface area (Å²) in [6, 6.07) is 1.88. The van der Waals surface area contributed by atoms with E-state index in [1.165, 1.54) is 16.2 Å². The largest absolute Gasteiger partial charge is 0.384 e. The number of carbonyl (C=O) groups is 2. The number of amides is 2. The number of piperidine rings is 1. The Kier molecular flexibility index (Phi) is 3.60. The second kappa shape index (κ2) is 5.39. The van der Waals surface area contributed by atoms with E-state index < -0.39 is 0 Å². The first kappa shape index (κ1) is 13.3. The van der Waals surface area contributed by atoms with Crippen LogP contribution >= 0.6 is 11.3 Å². The molecular weight excluding hydrogens is 274 g/mol. The van der Waals surface area contributed by atoms with Crippen molar-refractivity contribution in [2.45, 2.75) is 25.8 Å². The third-order valence-corrected chi connectivity index (χ3v) is 4.86. The molecule has 0 radical (unpaired) electrons. The first-order valence-corrected chi connectivity index (χ1v) is 7.59. The fraction of sp³-hybridized carbons (Fsp3) is 0.467. The Balaban J connectivity index is 1.75. The number of carbonyl (C=O) groups excluding carboxylic acids is 2. The highest BCUT2D eigenvalue weighted by Crippen LogP contribution is 2.38. The van der Waals surface area contributed by atoms with Crippen LogP contribution in [0.25, 0.3) is 0 Å². The number of aliphatic hydroxyl groups excluding tert-OH is 1. The van der Waals surface area contributed by atoms with Crippen LogP contribution in [0.3, 0.4) is 0 Å². The van der Waals surface area contributed by atoms with Crippen molar-refractivity contribution >= 4 is 23.2 Å². The molecule has 2 unspecified atom stereocenters. The number of hydrogen-bond donors (Lipinski definition) is 1. The first-order valence-electron chi connectivity index (χ1n) is 6.71. The molecule has 2 bridgehead atoms. The summed E-state index contributed by atoms with van der Waals surface area (Å²) in [5.74, 6) is 5.48. The molecule has 1 aromatic rings. The third-order valence-electron chi connectivity index (χ3n) is 3.94. The van der Waals surface area contributed by atoms with Crippen LogP contribution < -0.4 is 0 Å². The highest BCUT2D eigenvalue weighted by atomic mass is 32.1. The van der Waals surface area contributed by atoms with E-state index in [1.807, 2.05) is 11.4 Å². The van der Waals surface area contributed by atoms with Gasteiger partial charge in [0, 0.05) is 27.7 Å². The molecule has 2 heterocycles. The van der Waals surface area contributed by atoms with Gasteiger partial charge < -0.3 is 5.11 Å². The standard InChI is InChI=1S/C15H15NO3S/c17-5-1-2-10-6-13(20-9-10)8-16-14(18)11-3-4-12(7-11)15(16)19/h6,9,11-12,17H,3-5,7-8H2. The van der Waals surface area contributed by atoms with Gasteiger partial charge in [0.25, 0.3) is 0 Å². The van der Waals surface area contributed by atoms with Crippen molar-refractivity contribution in [3.63, 3.8) is 0 Å². The zero-order chi connectivity index (χ0) is 14.1. The minimum Gasteiger partial charge on any atom is -0.384 e. The van der Waals surface area contributed by atoms with E-state index in [2.05, 4.69) is 11.8 Å². The average molecular weight is 289 g/mol. The summed E-state index contributed by atoms with van der Waals surface area (Å²) in [6.45, 7) is 0.188. The second-order valence-corrected chi connectivity index (χ2v) is 6.23. The highest BCUT2D eigenvalue weighted by molar-refractivity contribution is 7.10. The summed E-state index contributed by atoms with van der Waals surface area (Å²) < 4.78 is 0. The number of fused-ring (bicyclic) bond motifs is 2. The van der Waals surface area contributed by atoms with Gasteiger partial charge in [-0.1, -0.05) is 11.8 Å². The Morgan fingerprint density at radius 1 is 1.30 bits per heavy atom. The first-order chi connectivity index (χ1) is 9.69. The lowest BCUT2D eigenvalue weighted by atomic mass is 9.97. The van der Waals surface area contributed by atoms with E-state index in [4.69, 9.17) is 5.11 Å². The maximum atomic E-state index is 12.2. The van der Waals surface area contributed by atoms with Gasteiger partial charge >= 0.3 is 0 Å². The molecule has 0 spiro atoms. The fourth-order valence-electron chi connectivity index (χ4n) is 2.96. The van der Waals surface area contributed by atoms with E-state index in [0.717, 1.165) is 29.7 Å². The summed E-state index contributed by atoms with van der Waals surface area (Å²) >= 11 is 1.49. The van der Waals surface area contributed by atoms with Crippen molar-refractivity contribution in [2.75, 3.05) is 6.61 Å². The van der Waals surface area contributed by atoms with Crippen LogP contribution in [-0.2, 0) is 16.1 Å². The minimum absolute atomic E-state index is 0.0138. The molecule has 0 aromatic carbocycles. The summed E-state index contributed by atoms with van der Waals surface area (Å²) in [4.78, 5) is 26.8. The van der Waals surface area contributed by atoms with Crippen molar-refractivity contribution in [3.8, 4) is 11.8 Å². The molecule has 1 aliphatic heterocycles. The number of nitrogens with zero attached hydrogens (tertiary/aromatic N) is 1. The van der Waals surface area contributed by atoms with Gasteiger partial charge in [-0.05, 0) is 25.3 Å². The van der Waals surface area contributed by atoms with Gasteiger partial charge in [0.15, 0.2) is 0 Å². The summed E-state index contributed by atoms with van der Waals surface area (Å²) in [5, 5.41) is 10.5. The van der Waals surface area contributed by atoms with Crippen LogP contribution in [0.2, 0.25) is 0 Å². The topological polar surface area (TPSA) is 57.6 Å². The van der Waals surface area contributed by atoms with Crippen molar-refractivity contribution in [1.82, 2.24) is 4.90 Å². The molecule has 2 amide bonds. The van der Waals surface area contributed by atoms with Gasteiger partial charge in [-0.3, -0.25) is 14.5 Å². The fourth-order valence-corrected chi connectivity index (χ4v) is 3.77.